The summed E-state index contributed by atoms with van der Waals surface area (Å²) in [5.41, 5.74) is 0.206. The molecule has 0 aliphatic rings. The van der Waals surface area contributed by atoms with Gasteiger partial charge < -0.3 is 18.6 Å². The first-order valence-corrected chi connectivity index (χ1v) is 13.0. The zero-order valence-corrected chi connectivity index (χ0v) is 23.3. The molecule has 0 bridgehead atoms. The van der Waals surface area contributed by atoms with E-state index in [2.05, 4.69) is 14.8 Å². The van der Waals surface area contributed by atoms with Crippen LogP contribution in [0.1, 0.15) is 19.4 Å². The van der Waals surface area contributed by atoms with Crippen LogP contribution in [0.3, 0.4) is 0 Å². The van der Waals surface area contributed by atoms with Gasteiger partial charge in [-0.05, 0) is 56.3 Å². The number of rotatable bonds is 9. The first kappa shape index (κ1) is 28.3. The molecule has 0 radical (unpaired) electrons. The molecule has 0 aliphatic carbocycles. The number of fused-ring (bicyclic) bond motifs is 2. The number of nitro benzene ring substituents is 1. The van der Waals surface area contributed by atoms with Crippen molar-refractivity contribution in [1.29, 1.82) is 0 Å². The Balaban J connectivity index is 1.66. The van der Waals surface area contributed by atoms with Gasteiger partial charge in [-0.1, -0.05) is 23.7 Å². The summed E-state index contributed by atoms with van der Waals surface area (Å²) in [4.78, 5) is 41.4. The van der Waals surface area contributed by atoms with Crippen LogP contribution >= 0.6 is 11.6 Å². The molecule has 0 amide bonds. The molecule has 3 aromatic carbocycles. The molecule has 0 saturated carbocycles. The minimum atomic E-state index is -1.14. The van der Waals surface area contributed by atoms with E-state index in [1.807, 2.05) is 0 Å². The Labute approximate surface area is 242 Å². The first-order valence-electron chi connectivity index (χ1n) is 12.7. The topological polar surface area (TPSA) is 148 Å². The maximum absolute atomic E-state index is 13.6. The number of furan rings is 1. The van der Waals surface area contributed by atoms with Crippen LogP contribution in [-0.4, -0.2) is 46.6 Å². The molecule has 1 atom stereocenters. The second kappa shape index (κ2) is 11.7. The number of halogens is 1. The molecular formula is C29H23ClN4O8. The smallest absolute Gasteiger partial charge is 0.346 e. The molecule has 0 aliphatic heterocycles. The molecule has 0 saturated heterocycles. The maximum atomic E-state index is 13.6. The van der Waals surface area contributed by atoms with Gasteiger partial charge in [-0.3, -0.25) is 14.9 Å². The van der Waals surface area contributed by atoms with E-state index in [4.69, 9.17) is 25.5 Å². The lowest BCUT2D eigenvalue weighted by Crippen LogP contribution is -2.25. The monoisotopic (exact) mass is 590 g/mol. The molecule has 42 heavy (non-hydrogen) atoms. The number of esters is 1. The summed E-state index contributed by atoms with van der Waals surface area (Å²) < 4.78 is 22.9. The Kier molecular flexibility index (Phi) is 7.89. The second-order valence-electron chi connectivity index (χ2n) is 8.95. The van der Waals surface area contributed by atoms with E-state index < -0.39 is 28.2 Å². The molecule has 5 aromatic rings. The van der Waals surface area contributed by atoms with E-state index >= 15 is 0 Å². The summed E-state index contributed by atoms with van der Waals surface area (Å²) in [5.74, 6) is -0.603. The van der Waals surface area contributed by atoms with Crippen molar-refractivity contribution in [3.8, 4) is 23.1 Å². The van der Waals surface area contributed by atoms with Crippen molar-refractivity contribution in [3.05, 3.63) is 91.7 Å². The number of methoxy groups -OCH3 is 1. The lowest BCUT2D eigenvalue weighted by molar-refractivity contribution is -0.386. The highest BCUT2D eigenvalue weighted by Gasteiger charge is 2.27. The van der Waals surface area contributed by atoms with E-state index in [1.165, 1.54) is 32.4 Å². The van der Waals surface area contributed by atoms with Gasteiger partial charge in [0.25, 0.3) is 5.56 Å². The number of nitro groups is 1. The number of aromatic nitrogens is 2. The number of carbonyl (C=O) groups is 1. The van der Waals surface area contributed by atoms with Crippen LogP contribution in [0, 0.1) is 10.1 Å². The van der Waals surface area contributed by atoms with Crippen molar-refractivity contribution in [2.45, 2.75) is 20.0 Å². The van der Waals surface area contributed by atoms with Crippen LogP contribution in [-0.2, 0) is 9.53 Å². The third-order valence-electron chi connectivity index (χ3n) is 6.16. The number of hydrogen-bond donors (Lipinski definition) is 0. The molecule has 0 unspecified atom stereocenters. The van der Waals surface area contributed by atoms with Crippen LogP contribution in [0.5, 0.6) is 11.5 Å². The Bertz CT molecular complexity index is 1930. The molecule has 5 rings (SSSR count). The third-order valence-corrected chi connectivity index (χ3v) is 6.39. The number of benzene rings is 3. The Morgan fingerprint density at radius 3 is 2.74 bits per heavy atom. The normalized spacial score (nSPS) is 12.1. The lowest BCUT2D eigenvalue weighted by atomic mass is 10.1. The minimum absolute atomic E-state index is 0.00210. The Morgan fingerprint density at radius 1 is 1.21 bits per heavy atom. The van der Waals surface area contributed by atoms with E-state index in [0.717, 1.165) is 4.68 Å². The summed E-state index contributed by atoms with van der Waals surface area (Å²) in [5, 5.41) is 17.9. The van der Waals surface area contributed by atoms with E-state index in [1.54, 1.807) is 55.5 Å². The summed E-state index contributed by atoms with van der Waals surface area (Å²) in [7, 11) is 1.18. The van der Waals surface area contributed by atoms with Crippen LogP contribution in [0.25, 0.3) is 33.5 Å². The molecule has 214 valence electrons. The van der Waals surface area contributed by atoms with Gasteiger partial charge in [-0.2, -0.15) is 9.78 Å². The van der Waals surface area contributed by atoms with Gasteiger partial charge in [0, 0.05) is 22.0 Å². The lowest BCUT2D eigenvalue weighted by Gasteiger charge is -2.16. The van der Waals surface area contributed by atoms with Gasteiger partial charge in [-0.25, -0.2) is 9.78 Å². The highest BCUT2D eigenvalue weighted by atomic mass is 35.5. The number of carbonyl (C=O) groups excluding carboxylic acids is 1. The zero-order chi connectivity index (χ0) is 30.0. The first-order chi connectivity index (χ1) is 20.2. The minimum Gasteiger partial charge on any atom is -0.490 e. The van der Waals surface area contributed by atoms with Crippen LogP contribution in [0.2, 0.25) is 5.02 Å². The fourth-order valence-corrected chi connectivity index (χ4v) is 4.41. The summed E-state index contributed by atoms with van der Waals surface area (Å²) in [6.07, 6.45) is 0.111. The van der Waals surface area contributed by atoms with Crippen molar-refractivity contribution in [2.75, 3.05) is 13.7 Å². The predicted molar refractivity (Wildman–Crippen MR) is 156 cm³/mol. The third kappa shape index (κ3) is 5.52. The van der Waals surface area contributed by atoms with Gasteiger partial charge in [0.2, 0.25) is 11.6 Å². The SMILES string of the molecule is CCOc1cc(C=Nn2c(-c3cc4cc(Cl)ccc4o3)nc3ccccc3c2=O)cc([N+](=O)[O-])c1O[C@H](C)C(=O)OC. The summed E-state index contributed by atoms with van der Waals surface area (Å²) in [6.45, 7) is 3.23. The van der Waals surface area contributed by atoms with Crippen molar-refractivity contribution in [3.63, 3.8) is 0 Å². The van der Waals surface area contributed by atoms with Crippen LogP contribution in [0.15, 0.2) is 75.0 Å². The highest BCUT2D eigenvalue weighted by Crippen LogP contribution is 2.39. The van der Waals surface area contributed by atoms with Crippen LogP contribution in [0.4, 0.5) is 5.69 Å². The summed E-state index contributed by atoms with van der Waals surface area (Å²) in [6, 6.07) is 16.2. The molecule has 0 spiro atoms. The number of para-hydroxylation sites is 1. The molecule has 2 aromatic heterocycles. The van der Waals surface area contributed by atoms with Crippen molar-refractivity contribution >= 4 is 51.3 Å². The van der Waals surface area contributed by atoms with Crippen molar-refractivity contribution in [1.82, 2.24) is 9.66 Å². The van der Waals surface area contributed by atoms with Gasteiger partial charge in [-0.15, -0.1) is 0 Å². The Morgan fingerprint density at radius 2 is 2.00 bits per heavy atom. The van der Waals surface area contributed by atoms with Gasteiger partial charge in [0.15, 0.2) is 17.6 Å². The van der Waals surface area contributed by atoms with Gasteiger partial charge in [0.1, 0.15) is 5.58 Å². The quantitative estimate of drug-likeness (QED) is 0.0926. The number of hydrogen-bond acceptors (Lipinski definition) is 10. The summed E-state index contributed by atoms with van der Waals surface area (Å²) >= 11 is 6.13. The van der Waals surface area contributed by atoms with E-state index in [-0.39, 0.29) is 35.3 Å². The average molecular weight is 591 g/mol. The molecular weight excluding hydrogens is 568 g/mol. The Hall–Kier alpha value is -5.23. The fourth-order valence-electron chi connectivity index (χ4n) is 4.23. The van der Waals surface area contributed by atoms with E-state index in [0.29, 0.717) is 26.9 Å². The van der Waals surface area contributed by atoms with E-state index in [9.17, 15) is 19.7 Å². The largest absolute Gasteiger partial charge is 0.490 e. The number of ether oxygens (including phenoxy) is 3. The van der Waals surface area contributed by atoms with Crippen molar-refractivity contribution < 1.29 is 28.3 Å². The maximum Gasteiger partial charge on any atom is 0.346 e. The standard InChI is InChI=1S/C29H23ClN4O8/c1-4-40-24-12-17(11-22(34(37)38)26(24)41-16(2)29(36)39-3)15-31-33-27(32-21-8-6-5-7-20(21)28(33)35)25-14-18-13-19(30)9-10-23(18)42-25/h5-16H,4H2,1-3H3/t16-/m1/s1. The fraction of sp³-hybridized carbons (Fsp3) is 0.172. The predicted octanol–water partition coefficient (Wildman–Crippen LogP) is 5.59. The second-order valence-corrected chi connectivity index (χ2v) is 9.38. The molecule has 0 fully saturated rings. The van der Waals surface area contributed by atoms with Crippen molar-refractivity contribution in [2.24, 2.45) is 5.10 Å². The molecule has 13 heteroatoms. The zero-order valence-electron chi connectivity index (χ0n) is 22.6. The van der Waals surface area contributed by atoms with Gasteiger partial charge in [0.05, 0.1) is 35.8 Å². The van der Waals surface area contributed by atoms with Gasteiger partial charge >= 0.3 is 11.7 Å². The highest BCUT2D eigenvalue weighted by molar-refractivity contribution is 6.31. The molecule has 2 heterocycles. The molecule has 12 nitrogen and oxygen atoms in total. The average Bonchev–Trinajstić information content (AvgIpc) is 3.40. The van der Waals surface area contributed by atoms with Crippen LogP contribution < -0.4 is 15.0 Å². The molecule has 0 N–H and O–H groups in total. The number of nitrogens with zero attached hydrogens (tertiary/aromatic N) is 4.